The van der Waals surface area contributed by atoms with Gasteiger partial charge in [-0.1, -0.05) is 0 Å². The Hall–Kier alpha value is -1.02. The second-order valence-electron chi connectivity index (χ2n) is 5.25. The fourth-order valence-corrected chi connectivity index (χ4v) is 3.81. The lowest BCUT2D eigenvalue weighted by atomic mass is 10.1. The minimum absolute atomic E-state index is 0.180. The second-order valence-corrected chi connectivity index (χ2v) is 7.19. The molecule has 0 spiro atoms. The summed E-state index contributed by atoms with van der Waals surface area (Å²) in [6, 6.07) is 3.22. The molecule has 1 unspecified atom stereocenters. The number of hydrogen-bond donors (Lipinski definition) is 0. The van der Waals surface area contributed by atoms with Crippen LogP contribution < -0.4 is 0 Å². The molecule has 0 bridgehead atoms. The minimum Gasteiger partial charge on any atom is -0.380 e. The smallest absolute Gasteiger partial charge is 0.244 e. The first-order valence-corrected chi connectivity index (χ1v) is 8.07. The van der Waals surface area contributed by atoms with E-state index in [1.165, 1.54) is 10.5 Å². The standard InChI is InChI=1S/C13H21N3O3S/c1-15(2)9-12-10-16(6-7-19-11-12)20(17,18)13-4-3-5-14-8-13/h3-5,8,12H,6-7,9-11H2,1-2H3. The average Bonchev–Trinajstić information content (AvgIpc) is 2.65. The van der Waals surface area contributed by atoms with E-state index >= 15 is 0 Å². The van der Waals surface area contributed by atoms with E-state index in [4.69, 9.17) is 4.74 Å². The molecule has 2 heterocycles. The van der Waals surface area contributed by atoms with Crippen LogP contribution in [0.2, 0.25) is 0 Å². The SMILES string of the molecule is CN(C)CC1COCCN(S(=O)(=O)c2cccnc2)C1. The van der Waals surface area contributed by atoms with E-state index in [9.17, 15) is 8.42 Å². The Kier molecular flexibility index (Phi) is 5.09. The summed E-state index contributed by atoms with van der Waals surface area (Å²) in [7, 11) is 0.472. The van der Waals surface area contributed by atoms with Crippen molar-refractivity contribution in [2.45, 2.75) is 4.90 Å². The Balaban J connectivity index is 2.17. The second kappa shape index (κ2) is 6.62. The van der Waals surface area contributed by atoms with Crippen molar-refractivity contribution in [2.75, 3.05) is 46.9 Å². The highest BCUT2D eigenvalue weighted by Crippen LogP contribution is 2.18. The molecule has 1 aliphatic rings. The number of ether oxygens (including phenoxy) is 1. The monoisotopic (exact) mass is 299 g/mol. The van der Waals surface area contributed by atoms with Gasteiger partial charge < -0.3 is 9.64 Å². The van der Waals surface area contributed by atoms with Gasteiger partial charge in [0, 0.05) is 37.9 Å². The molecule has 20 heavy (non-hydrogen) atoms. The molecule has 2 rings (SSSR count). The van der Waals surface area contributed by atoms with Gasteiger partial charge in [-0.15, -0.1) is 0 Å². The van der Waals surface area contributed by atoms with Crippen molar-refractivity contribution in [1.29, 1.82) is 0 Å². The largest absolute Gasteiger partial charge is 0.380 e. The molecule has 0 saturated carbocycles. The molecule has 0 aliphatic carbocycles. The zero-order valence-corrected chi connectivity index (χ0v) is 12.7. The third-order valence-corrected chi connectivity index (χ3v) is 5.04. The van der Waals surface area contributed by atoms with E-state index in [1.807, 2.05) is 19.0 Å². The summed E-state index contributed by atoms with van der Waals surface area (Å²) >= 11 is 0. The fourth-order valence-electron chi connectivity index (χ4n) is 2.34. The van der Waals surface area contributed by atoms with Gasteiger partial charge in [0.15, 0.2) is 0 Å². The zero-order chi connectivity index (χ0) is 14.6. The molecule has 1 aliphatic heterocycles. The van der Waals surface area contributed by atoms with Crippen molar-refractivity contribution in [2.24, 2.45) is 5.92 Å². The van der Waals surface area contributed by atoms with E-state index in [0.717, 1.165) is 6.54 Å². The molecule has 1 aromatic rings. The van der Waals surface area contributed by atoms with Crippen molar-refractivity contribution < 1.29 is 13.2 Å². The van der Waals surface area contributed by atoms with E-state index < -0.39 is 10.0 Å². The predicted molar refractivity (Wildman–Crippen MR) is 75.9 cm³/mol. The summed E-state index contributed by atoms with van der Waals surface area (Å²) < 4.78 is 32.2. The Bertz CT molecular complexity index is 519. The van der Waals surface area contributed by atoms with Gasteiger partial charge in [-0.2, -0.15) is 4.31 Å². The van der Waals surface area contributed by atoms with E-state index in [2.05, 4.69) is 4.98 Å². The number of aromatic nitrogens is 1. The van der Waals surface area contributed by atoms with Crippen molar-refractivity contribution in [3.8, 4) is 0 Å². The topological polar surface area (TPSA) is 62.7 Å². The van der Waals surface area contributed by atoms with Gasteiger partial charge in [0.2, 0.25) is 10.0 Å². The number of hydrogen-bond acceptors (Lipinski definition) is 5. The van der Waals surface area contributed by atoms with Crippen LogP contribution in [0.5, 0.6) is 0 Å². The first-order valence-electron chi connectivity index (χ1n) is 6.63. The molecule has 0 radical (unpaired) electrons. The molecular formula is C13H21N3O3S. The highest BCUT2D eigenvalue weighted by atomic mass is 32.2. The zero-order valence-electron chi connectivity index (χ0n) is 11.9. The number of pyridine rings is 1. The molecule has 1 atom stereocenters. The van der Waals surface area contributed by atoms with E-state index in [-0.39, 0.29) is 10.8 Å². The highest BCUT2D eigenvalue weighted by Gasteiger charge is 2.29. The quantitative estimate of drug-likeness (QED) is 0.799. The minimum atomic E-state index is -3.48. The van der Waals surface area contributed by atoms with Crippen molar-refractivity contribution in [1.82, 2.24) is 14.2 Å². The van der Waals surface area contributed by atoms with Gasteiger partial charge in [-0.3, -0.25) is 4.98 Å². The lowest BCUT2D eigenvalue weighted by Crippen LogP contribution is -2.38. The molecule has 1 aromatic heterocycles. The Morgan fingerprint density at radius 1 is 1.50 bits per heavy atom. The van der Waals surface area contributed by atoms with Crippen LogP contribution in [-0.4, -0.2) is 69.6 Å². The lowest BCUT2D eigenvalue weighted by molar-refractivity contribution is 0.113. The molecule has 7 heteroatoms. The van der Waals surface area contributed by atoms with Crippen LogP contribution in [0.25, 0.3) is 0 Å². The molecule has 0 N–H and O–H groups in total. The average molecular weight is 299 g/mol. The van der Waals surface area contributed by atoms with E-state index in [0.29, 0.717) is 26.3 Å². The Morgan fingerprint density at radius 3 is 2.95 bits per heavy atom. The number of rotatable bonds is 4. The number of nitrogens with zero attached hydrogens (tertiary/aromatic N) is 3. The van der Waals surface area contributed by atoms with Crippen molar-refractivity contribution in [3.63, 3.8) is 0 Å². The van der Waals surface area contributed by atoms with Crippen LogP contribution in [0.4, 0.5) is 0 Å². The predicted octanol–water partition coefficient (Wildman–Crippen LogP) is 0.280. The molecule has 1 fully saturated rings. The van der Waals surface area contributed by atoms with Gasteiger partial charge in [-0.25, -0.2) is 8.42 Å². The molecule has 0 amide bonds. The molecule has 1 saturated heterocycles. The van der Waals surface area contributed by atoms with Crippen LogP contribution in [0.1, 0.15) is 0 Å². The summed E-state index contributed by atoms with van der Waals surface area (Å²) in [5, 5.41) is 0. The van der Waals surface area contributed by atoms with Gasteiger partial charge >= 0.3 is 0 Å². The molecule has 112 valence electrons. The van der Waals surface area contributed by atoms with Crippen LogP contribution in [0.15, 0.2) is 29.4 Å². The van der Waals surface area contributed by atoms with Crippen LogP contribution >= 0.6 is 0 Å². The number of sulfonamides is 1. The normalized spacial score (nSPS) is 21.9. The maximum absolute atomic E-state index is 12.6. The molecular weight excluding hydrogens is 278 g/mol. The fraction of sp³-hybridized carbons (Fsp3) is 0.615. The maximum Gasteiger partial charge on any atom is 0.244 e. The summed E-state index contributed by atoms with van der Waals surface area (Å²) in [5.74, 6) is 0.180. The third kappa shape index (κ3) is 3.76. The summed E-state index contributed by atoms with van der Waals surface area (Å²) in [4.78, 5) is 6.18. The molecule has 6 nitrogen and oxygen atoms in total. The highest BCUT2D eigenvalue weighted by molar-refractivity contribution is 7.89. The third-order valence-electron chi connectivity index (χ3n) is 3.20. The summed E-state index contributed by atoms with van der Waals surface area (Å²) in [5.41, 5.74) is 0. The first kappa shape index (κ1) is 15.4. The summed E-state index contributed by atoms with van der Waals surface area (Å²) in [6.45, 7) is 2.70. The van der Waals surface area contributed by atoms with Crippen LogP contribution in [0, 0.1) is 5.92 Å². The Labute approximate surface area is 120 Å². The maximum atomic E-state index is 12.6. The van der Waals surface area contributed by atoms with Crippen LogP contribution in [0.3, 0.4) is 0 Å². The van der Waals surface area contributed by atoms with Gasteiger partial charge in [0.25, 0.3) is 0 Å². The first-order chi connectivity index (χ1) is 9.50. The van der Waals surface area contributed by atoms with Gasteiger partial charge in [-0.05, 0) is 26.2 Å². The van der Waals surface area contributed by atoms with Crippen molar-refractivity contribution in [3.05, 3.63) is 24.5 Å². The van der Waals surface area contributed by atoms with Crippen molar-refractivity contribution >= 4 is 10.0 Å². The van der Waals surface area contributed by atoms with E-state index in [1.54, 1.807) is 18.3 Å². The van der Waals surface area contributed by atoms with Gasteiger partial charge in [0.05, 0.1) is 13.2 Å². The Morgan fingerprint density at radius 2 is 2.30 bits per heavy atom. The van der Waals surface area contributed by atoms with Crippen LogP contribution in [-0.2, 0) is 14.8 Å². The van der Waals surface area contributed by atoms with Gasteiger partial charge in [0.1, 0.15) is 4.90 Å². The molecule has 0 aromatic carbocycles. The summed E-state index contributed by atoms with van der Waals surface area (Å²) in [6.07, 6.45) is 2.96. The lowest BCUT2D eigenvalue weighted by Gasteiger charge is -2.24.